The highest BCUT2D eigenvalue weighted by atomic mass is 19.1. The molecule has 0 bridgehead atoms. The average molecular weight is 427 g/mol. The van der Waals surface area contributed by atoms with E-state index < -0.39 is 6.04 Å². The minimum absolute atomic E-state index is 0.242. The molecule has 1 aliphatic rings. The lowest BCUT2D eigenvalue weighted by atomic mass is 10.0. The summed E-state index contributed by atoms with van der Waals surface area (Å²) in [7, 11) is 1.60. The first kappa shape index (κ1) is 19.9. The van der Waals surface area contributed by atoms with E-state index in [1.54, 1.807) is 48.4 Å². The molecule has 5 nitrogen and oxygen atoms in total. The quantitative estimate of drug-likeness (QED) is 0.452. The standard InChI is InChI=1S/C26H22FN3O2/c1-32-22-14-12-21(13-15-22)28-26(31)30-17-19-5-2-3-6-23(19)29-16-4-7-24(29)25(30)18-8-10-20(27)11-9-18/h2-16,25H,17H2,1H3,(H,28,31)/t25-/m1/s1. The van der Waals surface area contributed by atoms with Crippen LogP contribution in [-0.2, 0) is 6.54 Å². The lowest BCUT2D eigenvalue weighted by Gasteiger charge is -2.31. The molecule has 0 saturated heterocycles. The monoisotopic (exact) mass is 427 g/mol. The number of halogens is 1. The summed E-state index contributed by atoms with van der Waals surface area (Å²) in [6, 6.07) is 24.9. The van der Waals surface area contributed by atoms with Gasteiger partial charge in [0.25, 0.3) is 0 Å². The van der Waals surface area contributed by atoms with Crippen LogP contribution in [0.15, 0.2) is 91.1 Å². The van der Waals surface area contributed by atoms with Gasteiger partial charge in [0.05, 0.1) is 25.4 Å². The van der Waals surface area contributed by atoms with Crippen molar-refractivity contribution in [3.63, 3.8) is 0 Å². The number of hydrogen-bond donors (Lipinski definition) is 1. The van der Waals surface area contributed by atoms with Gasteiger partial charge in [-0.05, 0) is 65.7 Å². The largest absolute Gasteiger partial charge is 0.497 e. The fourth-order valence-corrected chi connectivity index (χ4v) is 4.20. The first-order chi connectivity index (χ1) is 15.6. The lowest BCUT2D eigenvalue weighted by Crippen LogP contribution is -2.37. The van der Waals surface area contributed by atoms with Crippen LogP contribution in [-0.4, -0.2) is 22.6 Å². The molecule has 0 aliphatic carbocycles. The van der Waals surface area contributed by atoms with Crippen molar-refractivity contribution in [1.29, 1.82) is 0 Å². The number of ether oxygens (including phenoxy) is 1. The Hall–Kier alpha value is -4.06. The molecule has 4 aromatic rings. The Morgan fingerprint density at radius 1 is 0.969 bits per heavy atom. The van der Waals surface area contributed by atoms with Gasteiger partial charge in [-0.1, -0.05) is 30.3 Å². The third-order valence-electron chi connectivity index (χ3n) is 5.75. The first-order valence-corrected chi connectivity index (χ1v) is 10.4. The summed E-state index contributed by atoms with van der Waals surface area (Å²) in [6.07, 6.45) is 2.00. The predicted molar refractivity (Wildman–Crippen MR) is 122 cm³/mol. The van der Waals surface area contributed by atoms with Gasteiger partial charge in [0, 0.05) is 17.6 Å². The summed E-state index contributed by atoms with van der Waals surface area (Å²) in [5.74, 6) is 0.406. The summed E-state index contributed by atoms with van der Waals surface area (Å²) >= 11 is 0. The Labute approximate surface area is 185 Å². The summed E-state index contributed by atoms with van der Waals surface area (Å²) in [4.78, 5) is 15.4. The second-order valence-corrected chi connectivity index (χ2v) is 7.67. The Morgan fingerprint density at radius 3 is 2.47 bits per heavy atom. The van der Waals surface area contributed by atoms with Crippen LogP contribution in [0.3, 0.4) is 0 Å². The number of carbonyl (C=O) groups excluding carboxylic acids is 1. The zero-order valence-corrected chi connectivity index (χ0v) is 17.5. The first-order valence-electron chi connectivity index (χ1n) is 10.4. The molecule has 0 unspecified atom stereocenters. The third kappa shape index (κ3) is 3.60. The Balaban J connectivity index is 1.59. The van der Waals surface area contributed by atoms with Crippen molar-refractivity contribution in [1.82, 2.24) is 9.47 Å². The Morgan fingerprint density at radius 2 is 1.72 bits per heavy atom. The van der Waals surface area contributed by atoms with Crippen molar-refractivity contribution < 1.29 is 13.9 Å². The average Bonchev–Trinajstić information content (AvgIpc) is 3.25. The number of nitrogens with zero attached hydrogens (tertiary/aromatic N) is 2. The van der Waals surface area contributed by atoms with E-state index in [0.717, 1.165) is 22.5 Å². The van der Waals surface area contributed by atoms with Crippen molar-refractivity contribution in [2.24, 2.45) is 0 Å². The summed E-state index contributed by atoms with van der Waals surface area (Å²) in [5.41, 5.74) is 4.50. The fourth-order valence-electron chi connectivity index (χ4n) is 4.20. The van der Waals surface area contributed by atoms with Gasteiger partial charge in [-0.15, -0.1) is 0 Å². The molecule has 1 N–H and O–H groups in total. The number of rotatable bonds is 3. The zero-order chi connectivity index (χ0) is 22.1. The van der Waals surface area contributed by atoms with Gasteiger partial charge >= 0.3 is 6.03 Å². The molecule has 1 aliphatic heterocycles. The van der Waals surface area contributed by atoms with E-state index in [-0.39, 0.29) is 11.8 Å². The number of nitrogens with one attached hydrogen (secondary N) is 1. The maximum Gasteiger partial charge on any atom is 0.322 e. The zero-order valence-electron chi connectivity index (χ0n) is 17.5. The third-order valence-corrected chi connectivity index (χ3v) is 5.75. The van der Waals surface area contributed by atoms with Crippen molar-refractivity contribution in [2.45, 2.75) is 12.6 Å². The van der Waals surface area contributed by atoms with E-state index in [0.29, 0.717) is 18.0 Å². The van der Waals surface area contributed by atoms with Crippen LogP contribution in [0.5, 0.6) is 5.75 Å². The van der Waals surface area contributed by atoms with Gasteiger partial charge in [-0.3, -0.25) is 0 Å². The molecule has 5 rings (SSSR count). The highest BCUT2D eigenvalue weighted by Gasteiger charge is 2.33. The number of methoxy groups -OCH3 is 1. The van der Waals surface area contributed by atoms with Gasteiger partial charge in [0.2, 0.25) is 0 Å². The second-order valence-electron chi connectivity index (χ2n) is 7.67. The molecule has 1 aromatic heterocycles. The molecule has 1 atom stereocenters. The number of amides is 2. The van der Waals surface area contributed by atoms with Gasteiger partial charge < -0.3 is 19.5 Å². The Kier molecular flexibility index (Phi) is 5.11. The van der Waals surface area contributed by atoms with Crippen LogP contribution in [0.25, 0.3) is 5.69 Å². The smallest absolute Gasteiger partial charge is 0.322 e. The molecule has 160 valence electrons. The molecule has 0 saturated carbocycles. The van der Waals surface area contributed by atoms with Crippen molar-refractivity contribution >= 4 is 11.7 Å². The number of para-hydroxylation sites is 1. The van der Waals surface area contributed by atoms with Gasteiger partial charge in [-0.2, -0.15) is 0 Å². The number of carbonyl (C=O) groups is 1. The van der Waals surface area contributed by atoms with Crippen molar-refractivity contribution in [3.8, 4) is 11.4 Å². The molecule has 3 aromatic carbocycles. The number of hydrogen-bond acceptors (Lipinski definition) is 2. The molecule has 2 heterocycles. The number of benzene rings is 3. The highest BCUT2D eigenvalue weighted by Crippen LogP contribution is 2.37. The molecule has 6 heteroatoms. The summed E-state index contributed by atoms with van der Waals surface area (Å²) in [5, 5.41) is 3.00. The van der Waals surface area contributed by atoms with Crippen LogP contribution < -0.4 is 10.1 Å². The van der Waals surface area contributed by atoms with Crippen molar-refractivity contribution in [3.05, 3.63) is 114 Å². The highest BCUT2D eigenvalue weighted by molar-refractivity contribution is 5.90. The molecule has 0 spiro atoms. The van der Waals surface area contributed by atoms with Crippen LogP contribution in [0.4, 0.5) is 14.9 Å². The summed E-state index contributed by atoms with van der Waals surface area (Å²) < 4.78 is 21.0. The predicted octanol–water partition coefficient (Wildman–Crippen LogP) is 5.76. The van der Waals surface area contributed by atoms with E-state index in [4.69, 9.17) is 4.74 Å². The van der Waals surface area contributed by atoms with E-state index in [2.05, 4.69) is 9.88 Å². The van der Waals surface area contributed by atoms with Crippen LogP contribution >= 0.6 is 0 Å². The maximum absolute atomic E-state index is 13.7. The minimum Gasteiger partial charge on any atom is -0.497 e. The van der Waals surface area contributed by atoms with E-state index >= 15 is 0 Å². The Bertz CT molecular complexity index is 1250. The van der Waals surface area contributed by atoms with Crippen LogP contribution in [0.2, 0.25) is 0 Å². The number of anilines is 1. The topological polar surface area (TPSA) is 46.5 Å². The van der Waals surface area contributed by atoms with Crippen LogP contribution in [0, 0.1) is 5.82 Å². The minimum atomic E-state index is -0.392. The van der Waals surface area contributed by atoms with Gasteiger partial charge in [0.1, 0.15) is 11.6 Å². The summed E-state index contributed by atoms with van der Waals surface area (Å²) in [6.45, 7) is 0.405. The number of fused-ring (bicyclic) bond motifs is 3. The van der Waals surface area contributed by atoms with Gasteiger partial charge in [0.15, 0.2) is 0 Å². The molecular formula is C26H22FN3O2. The number of urea groups is 1. The SMILES string of the molecule is COc1ccc(NC(=O)N2Cc3ccccc3-n3cccc3[C@H]2c2ccc(F)cc2)cc1. The van der Waals surface area contributed by atoms with E-state index in [9.17, 15) is 9.18 Å². The molecule has 2 amide bonds. The van der Waals surface area contributed by atoms with Crippen LogP contribution in [0.1, 0.15) is 22.9 Å². The van der Waals surface area contributed by atoms with Crippen molar-refractivity contribution in [2.75, 3.05) is 12.4 Å². The van der Waals surface area contributed by atoms with E-state index in [1.807, 2.05) is 42.6 Å². The molecule has 32 heavy (non-hydrogen) atoms. The molecule has 0 radical (unpaired) electrons. The fraction of sp³-hybridized carbons (Fsp3) is 0.115. The molecular weight excluding hydrogens is 405 g/mol. The number of aromatic nitrogens is 1. The van der Waals surface area contributed by atoms with Gasteiger partial charge in [-0.25, -0.2) is 9.18 Å². The molecule has 0 fully saturated rings. The normalized spacial score (nSPS) is 14.8. The maximum atomic E-state index is 13.7. The second kappa shape index (κ2) is 8.23. The van der Waals surface area contributed by atoms with E-state index in [1.165, 1.54) is 12.1 Å². The lowest BCUT2D eigenvalue weighted by molar-refractivity contribution is 0.194.